The Hall–Kier alpha value is -2.23. The monoisotopic (exact) mass is 377 g/mol. The minimum Gasteiger partial charge on any atom is -0.392 e. The number of aliphatic hydroxyl groups excluding tert-OH is 1. The Balaban J connectivity index is 1.60. The molecule has 3 rings (SSSR count). The summed E-state index contributed by atoms with van der Waals surface area (Å²) in [5.41, 5.74) is 3.67. The summed E-state index contributed by atoms with van der Waals surface area (Å²) >= 11 is 0. The summed E-state index contributed by atoms with van der Waals surface area (Å²) in [6.45, 7) is 0.929. The van der Waals surface area contributed by atoms with Crippen molar-refractivity contribution in [3.05, 3.63) is 77.4 Å². The lowest BCUT2D eigenvalue weighted by Gasteiger charge is -2.32. The molecule has 1 N–H and O–H groups in total. The number of hydrogen-bond donors (Lipinski definition) is 1. The molecule has 0 saturated heterocycles. The molecule has 1 aliphatic carbocycles. The van der Waals surface area contributed by atoms with Gasteiger partial charge in [-0.15, -0.1) is 0 Å². The molecule has 3 unspecified atom stereocenters. The fourth-order valence-corrected chi connectivity index (χ4v) is 4.09. The lowest BCUT2D eigenvalue weighted by atomic mass is 9.74. The zero-order chi connectivity index (χ0) is 19.9. The van der Waals surface area contributed by atoms with Gasteiger partial charge in [-0.25, -0.2) is 0 Å². The van der Waals surface area contributed by atoms with E-state index in [0.717, 1.165) is 24.9 Å². The van der Waals surface area contributed by atoms with Crippen LogP contribution in [0.5, 0.6) is 0 Å². The van der Waals surface area contributed by atoms with Gasteiger partial charge in [0.05, 0.1) is 6.10 Å². The Kier molecular flexibility index (Phi) is 7.18. The van der Waals surface area contributed by atoms with Crippen LogP contribution in [-0.2, 0) is 11.3 Å². The Labute approximate surface area is 168 Å². The maximum Gasteiger partial charge on any atom is 0.142 e. The third kappa shape index (κ3) is 5.63. The third-order valence-corrected chi connectivity index (χ3v) is 5.61. The summed E-state index contributed by atoms with van der Waals surface area (Å²) in [6, 6.07) is 18.7. The number of aliphatic hydroxyl groups is 1. The van der Waals surface area contributed by atoms with Crippen molar-refractivity contribution in [1.29, 1.82) is 0 Å². The number of benzene rings is 2. The van der Waals surface area contributed by atoms with Gasteiger partial charge >= 0.3 is 0 Å². The Morgan fingerprint density at radius 2 is 1.79 bits per heavy atom. The first-order valence-corrected chi connectivity index (χ1v) is 10.2. The van der Waals surface area contributed by atoms with Crippen molar-refractivity contribution in [3.63, 3.8) is 0 Å². The van der Waals surface area contributed by atoms with Crippen molar-refractivity contribution in [1.82, 2.24) is 4.90 Å². The summed E-state index contributed by atoms with van der Waals surface area (Å²) in [6.07, 6.45) is 6.15. The van der Waals surface area contributed by atoms with Gasteiger partial charge in [-0.05, 0) is 56.0 Å². The van der Waals surface area contributed by atoms with Crippen LogP contribution in [0.25, 0.3) is 6.08 Å². The molecule has 1 aliphatic rings. The van der Waals surface area contributed by atoms with Gasteiger partial charge in [-0.3, -0.25) is 4.79 Å². The fourth-order valence-electron chi connectivity index (χ4n) is 4.09. The molecule has 3 heteroatoms. The normalized spacial score (nSPS) is 22.6. The highest BCUT2D eigenvalue weighted by molar-refractivity contribution is 5.83. The highest BCUT2D eigenvalue weighted by Crippen LogP contribution is 2.37. The lowest BCUT2D eigenvalue weighted by Crippen LogP contribution is -2.34. The number of carbonyl (C=O) groups excluding carboxylic acids is 1. The first-order valence-electron chi connectivity index (χ1n) is 10.2. The van der Waals surface area contributed by atoms with Gasteiger partial charge in [0.15, 0.2) is 0 Å². The molecule has 0 spiro atoms. The van der Waals surface area contributed by atoms with Crippen LogP contribution in [0.1, 0.15) is 48.3 Å². The average Bonchev–Trinajstić information content (AvgIpc) is 2.69. The summed E-state index contributed by atoms with van der Waals surface area (Å²) in [4.78, 5) is 14.9. The maximum absolute atomic E-state index is 12.7. The molecule has 0 radical (unpaired) electrons. The van der Waals surface area contributed by atoms with E-state index < -0.39 is 6.10 Å². The Morgan fingerprint density at radius 3 is 2.46 bits per heavy atom. The molecular formula is C25H31NO2. The Bertz CT molecular complexity index is 780. The minimum atomic E-state index is -0.512. The fraction of sp³-hybridized carbons (Fsp3) is 0.400. The molecular weight excluding hydrogens is 346 g/mol. The van der Waals surface area contributed by atoms with E-state index in [0.29, 0.717) is 18.8 Å². The molecule has 0 aromatic heterocycles. The summed E-state index contributed by atoms with van der Waals surface area (Å²) < 4.78 is 0. The highest BCUT2D eigenvalue weighted by Gasteiger charge is 2.33. The molecule has 2 aromatic rings. The molecule has 1 fully saturated rings. The highest BCUT2D eigenvalue weighted by atomic mass is 16.3. The van der Waals surface area contributed by atoms with Crippen molar-refractivity contribution < 1.29 is 9.90 Å². The number of ketones is 1. The number of hydrogen-bond acceptors (Lipinski definition) is 3. The van der Waals surface area contributed by atoms with Crippen LogP contribution in [-0.4, -0.2) is 36.0 Å². The van der Waals surface area contributed by atoms with E-state index in [1.165, 1.54) is 11.1 Å². The largest absolute Gasteiger partial charge is 0.392 e. The second kappa shape index (κ2) is 9.81. The average molecular weight is 378 g/mol. The second-order valence-corrected chi connectivity index (χ2v) is 8.15. The third-order valence-electron chi connectivity index (χ3n) is 5.61. The molecule has 0 heterocycles. The quantitative estimate of drug-likeness (QED) is 0.762. The minimum absolute atomic E-state index is 0.147. The summed E-state index contributed by atoms with van der Waals surface area (Å²) in [7, 11) is 4.14. The number of nitrogens with zero attached hydrogens (tertiary/aromatic N) is 1. The van der Waals surface area contributed by atoms with E-state index in [1.54, 1.807) is 0 Å². The van der Waals surface area contributed by atoms with E-state index >= 15 is 0 Å². The predicted octanol–water partition coefficient (Wildman–Crippen LogP) is 4.67. The molecule has 1 saturated carbocycles. The van der Waals surface area contributed by atoms with Crippen molar-refractivity contribution >= 4 is 11.9 Å². The van der Waals surface area contributed by atoms with E-state index in [-0.39, 0.29) is 11.7 Å². The lowest BCUT2D eigenvalue weighted by molar-refractivity contribution is -0.127. The molecule has 2 aromatic carbocycles. The van der Waals surface area contributed by atoms with E-state index in [1.807, 2.05) is 42.5 Å². The van der Waals surface area contributed by atoms with Crippen LogP contribution in [0.15, 0.2) is 60.7 Å². The molecule has 0 aliphatic heterocycles. The standard InChI is InChI=1S/C25H31NO2/c1-26(2)18-20-11-13-21(14-12-20)22-15-16-25(28)23(17-22)24(27)10-6-9-19-7-4-3-5-8-19/h3-9,11-14,22-23,25,28H,10,15-18H2,1-2H3. The first-order chi connectivity index (χ1) is 13.5. The molecule has 148 valence electrons. The molecule has 28 heavy (non-hydrogen) atoms. The molecule has 3 nitrogen and oxygen atoms in total. The zero-order valence-corrected chi connectivity index (χ0v) is 16.9. The van der Waals surface area contributed by atoms with Crippen LogP contribution in [0.3, 0.4) is 0 Å². The van der Waals surface area contributed by atoms with E-state index in [2.05, 4.69) is 43.3 Å². The van der Waals surface area contributed by atoms with Crippen LogP contribution >= 0.6 is 0 Å². The van der Waals surface area contributed by atoms with E-state index in [9.17, 15) is 9.90 Å². The van der Waals surface area contributed by atoms with Gasteiger partial charge in [0, 0.05) is 18.9 Å². The first kappa shape index (κ1) is 20.5. The van der Waals surface area contributed by atoms with Crippen molar-refractivity contribution in [3.8, 4) is 0 Å². The summed E-state index contributed by atoms with van der Waals surface area (Å²) in [5.74, 6) is 0.234. The van der Waals surface area contributed by atoms with Gasteiger partial charge < -0.3 is 10.0 Å². The molecule has 3 atom stereocenters. The topological polar surface area (TPSA) is 40.5 Å². The predicted molar refractivity (Wildman–Crippen MR) is 115 cm³/mol. The van der Waals surface area contributed by atoms with Gasteiger partial charge in [-0.2, -0.15) is 0 Å². The van der Waals surface area contributed by atoms with Crippen molar-refractivity contribution in [2.75, 3.05) is 14.1 Å². The molecule has 0 amide bonds. The van der Waals surface area contributed by atoms with Gasteiger partial charge in [-0.1, -0.05) is 66.7 Å². The zero-order valence-electron chi connectivity index (χ0n) is 16.9. The number of rotatable bonds is 7. The smallest absolute Gasteiger partial charge is 0.142 e. The van der Waals surface area contributed by atoms with Crippen molar-refractivity contribution in [2.45, 2.75) is 44.2 Å². The van der Waals surface area contributed by atoms with Crippen molar-refractivity contribution in [2.24, 2.45) is 5.92 Å². The van der Waals surface area contributed by atoms with Crippen LogP contribution in [0, 0.1) is 5.92 Å². The SMILES string of the molecule is CN(C)Cc1ccc(C2CCC(O)C(C(=O)CC=Cc3ccccc3)C2)cc1. The number of carbonyl (C=O) groups is 1. The van der Waals surface area contributed by atoms with Crippen LogP contribution in [0.4, 0.5) is 0 Å². The Morgan fingerprint density at radius 1 is 1.07 bits per heavy atom. The number of Topliss-reactive ketones (excluding diaryl/α,β-unsaturated/α-hetero) is 1. The van der Waals surface area contributed by atoms with E-state index in [4.69, 9.17) is 0 Å². The van der Waals surface area contributed by atoms with Crippen LogP contribution < -0.4 is 0 Å². The van der Waals surface area contributed by atoms with Crippen LogP contribution in [0.2, 0.25) is 0 Å². The summed E-state index contributed by atoms with van der Waals surface area (Å²) in [5, 5.41) is 10.4. The van der Waals surface area contributed by atoms with Gasteiger partial charge in [0.25, 0.3) is 0 Å². The second-order valence-electron chi connectivity index (χ2n) is 8.15. The number of allylic oxidation sites excluding steroid dienone is 1. The van der Waals surface area contributed by atoms with Gasteiger partial charge in [0.1, 0.15) is 5.78 Å². The molecule has 0 bridgehead atoms. The van der Waals surface area contributed by atoms with Gasteiger partial charge in [0.2, 0.25) is 0 Å². The maximum atomic E-state index is 12.7.